The predicted molar refractivity (Wildman–Crippen MR) is 51.1 cm³/mol. The lowest BCUT2D eigenvalue weighted by Crippen LogP contribution is -2.41. The second-order valence-electron chi connectivity index (χ2n) is 4.20. The molecular weight excluding hydrogens is 182 g/mol. The highest BCUT2D eigenvalue weighted by Gasteiger charge is 2.37. The third kappa shape index (κ3) is 2.45. The van der Waals surface area contributed by atoms with Crippen LogP contribution in [0.2, 0.25) is 0 Å². The van der Waals surface area contributed by atoms with E-state index in [-0.39, 0.29) is 5.92 Å². The van der Waals surface area contributed by atoms with Gasteiger partial charge in [-0.15, -0.1) is 0 Å². The molecule has 0 aromatic carbocycles. The van der Waals surface area contributed by atoms with Crippen LogP contribution in [-0.2, 0) is 9.53 Å². The summed E-state index contributed by atoms with van der Waals surface area (Å²) in [6.45, 7) is 3.98. The summed E-state index contributed by atoms with van der Waals surface area (Å²) in [5.74, 6) is -0.331. The predicted octanol–water partition coefficient (Wildman–Crippen LogP) is 0.429. The Morgan fingerprint density at radius 2 is 2.07 bits per heavy atom. The lowest BCUT2D eigenvalue weighted by Gasteiger charge is -2.28. The minimum Gasteiger partial charge on any atom is -0.481 e. The van der Waals surface area contributed by atoms with Crippen LogP contribution >= 0.6 is 0 Å². The number of rotatable bonds is 4. The molecule has 0 amide bonds. The zero-order valence-corrected chi connectivity index (χ0v) is 8.32. The second-order valence-corrected chi connectivity index (χ2v) is 4.20. The molecule has 80 valence electrons. The molecule has 1 saturated heterocycles. The van der Waals surface area contributed by atoms with Crippen LogP contribution in [0.4, 0.5) is 0 Å². The molecule has 1 saturated carbocycles. The van der Waals surface area contributed by atoms with Gasteiger partial charge in [0, 0.05) is 19.6 Å². The Morgan fingerprint density at radius 1 is 1.43 bits per heavy atom. The number of aliphatic carboxylic acids is 1. The molecule has 1 aliphatic carbocycles. The first-order chi connectivity index (χ1) is 6.77. The van der Waals surface area contributed by atoms with Gasteiger partial charge in [0.15, 0.2) is 0 Å². The molecular formula is C10H17NO3. The number of nitrogens with zero attached hydrogens (tertiary/aromatic N) is 1. The first-order valence-electron chi connectivity index (χ1n) is 5.30. The van der Waals surface area contributed by atoms with E-state index >= 15 is 0 Å². The molecule has 2 aliphatic rings. The largest absolute Gasteiger partial charge is 0.481 e. The molecule has 2 fully saturated rings. The van der Waals surface area contributed by atoms with Crippen LogP contribution in [0.3, 0.4) is 0 Å². The molecule has 1 atom stereocenters. The van der Waals surface area contributed by atoms with E-state index < -0.39 is 5.97 Å². The van der Waals surface area contributed by atoms with Crippen molar-refractivity contribution in [3.8, 4) is 0 Å². The Hall–Kier alpha value is -0.610. The van der Waals surface area contributed by atoms with E-state index in [1.165, 1.54) is 0 Å². The standard InChI is InChI=1S/C10H17NO3/c12-10(13)9(8-1-2-8)7-11-3-5-14-6-4-11/h8-9H,1-7H2,(H,12,13). The number of hydrogen-bond acceptors (Lipinski definition) is 3. The van der Waals surface area contributed by atoms with Gasteiger partial charge in [0.05, 0.1) is 19.1 Å². The maximum absolute atomic E-state index is 11.0. The molecule has 0 aromatic rings. The summed E-state index contributed by atoms with van der Waals surface area (Å²) in [5, 5.41) is 9.06. The van der Waals surface area contributed by atoms with Crippen LogP contribution in [0.25, 0.3) is 0 Å². The highest BCUT2D eigenvalue weighted by Crippen LogP contribution is 2.37. The number of ether oxygens (including phenoxy) is 1. The minimum atomic E-state index is -0.626. The van der Waals surface area contributed by atoms with Gasteiger partial charge in [0.2, 0.25) is 0 Å². The van der Waals surface area contributed by atoms with E-state index in [1.54, 1.807) is 0 Å². The number of carboxylic acids is 1. The lowest BCUT2D eigenvalue weighted by molar-refractivity contribution is -0.143. The zero-order chi connectivity index (χ0) is 9.97. The molecule has 0 bridgehead atoms. The summed E-state index contributed by atoms with van der Waals surface area (Å²) in [5.41, 5.74) is 0. The van der Waals surface area contributed by atoms with Gasteiger partial charge in [-0.1, -0.05) is 0 Å². The van der Waals surface area contributed by atoms with Crippen molar-refractivity contribution >= 4 is 5.97 Å². The number of hydrogen-bond donors (Lipinski definition) is 1. The SMILES string of the molecule is O=C(O)C(CN1CCOCC1)C1CC1. The van der Waals surface area contributed by atoms with Crippen LogP contribution in [-0.4, -0.2) is 48.8 Å². The van der Waals surface area contributed by atoms with Crippen LogP contribution in [0, 0.1) is 11.8 Å². The van der Waals surface area contributed by atoms with Crippen molar-refractivity contribution < 1.29 is 14.6 Å². The fraction of sp³-hybridized carbons (Fsp3) is 0.900. The number of morpholine rings is 1. The Labute approximate surface area is 83.8 Å². The first-order valence-corrected chi connectivity index (χ1v) is 5.30. The van der Waals surface area contributed by atoms with E-state index in [0.29, 0.717) is 12.5 Å². The van der Waals surface area contributed by atoms with Crippen molar-refractivity contribution in [3.05, 3.63) is 0 Å². The van der Waals surface area contributed by atoms with Gasteiger partial charge in [-0.3, -0.25) is 9.69 Å². The van der Waals surface area contributed by atoms with Gasteiger partial charge >= 0.3 is 5.97 Å². The third-order valence-corrected chi connectivity index (χ3v) is 3.07. The Kier molecular flexibility index (Phi) is 3.03. The van der Waals surface area contributed by atoms with Crippen LogP contribution in [0.5, 0.6) is 0 Å². The van der Waals surface area contributed by atoms with Gasteiger partial charge in [-0.2, -0.15) is 0 Å². The highest BCUT2D eigenvalue weighted by atomic mass is 16.5. The van der Waals surface area contributed by atoms with Gasteiger partial charge in [-0.25, -0.2) is 0 Å². The topological polar surface area (TPSA) is 49.8 Å². The summed E-state index contributed by atoms with van der Waals surface area (Å²) in [7, 11) is 0. The van der Waals surface area contributed by atoms with Crippen molar-refractivity contribution in [2.24, 2.45) is 11.8 Å². The van der Waals surface area contributed by atoms with E-state index in [0.717, 1.165) is 39.1 Å². The average Bonchev–Trinajstić information content (AvgIpc) is 2.99. The zero-order valence-electron chi connectivity index (χ0n) is 8.32. The molecule has 0 aromatic heterocycles. The normalized spacial score (nSPS) is 26.0. The second kappa shape index (κ2) is 4.28. The maximum atomic E-state index is 11.0. The third-order valence-electron chi connectivity index (χ3n) is 3.07. The molecule has 1 unspecified atom stereocenters. The van der Waals surface area contributed by atoms with Gasteiger partial charge < -0.3 is 9.84 Å². The monoisotopic (exact) mass is 199 g/mol. The average molecular weight is 199 g/mol. The number of carbonyl (C=O) groups is 1. The molecule has 1 N–H and O–H groups in total. The van der Waals surface area contributed by atoms with Crippen molar-refractivity contribution in [2.75, 3.05) is 32.8 Å². The highest BCUT2D eigenvalue weighted by molar-refractivity contribution is 5.71. The van der Waals surface area contributed by atoms with E-state index in [2.05, 4.69) is 4.90 Å². The molecule has 4 nitrogen and oxygen atoms in total. The van der Waals surface area contributed by atoms with Crippen molar-refractivity contribution in [2.45, 2.75) is 12.8 Å². The summed E-state index contributed by atoms with van der Waals surface area (Å²) >= 11 is 0. The smallest absolute Gasteiger partial charge is 0.308 e. The molecule has 2 rings (SSSR count). The van der Waals surface area contributed by atoms with Gasteiger partial charge in [0.25, 0.3) is 0 Å². The maximum Gasteiger partial charge on any atom is 0.308 e. The Morgan fingerprint density at radius 3 is 2.57 bits per heavy atom. The molecule has 0 spiro atoms. The minimum absolute atomic E-state index is 0.145. The van der Waals surface area contributed by atoms with Crippen molar-refractivity contribution in [3.63, 3.8) is 0 Å². The van der Waals surface area contributed by atoms with Crippen LogP contribution in [0.1, 0.15) is 12.8 Å². The quantitative estimate of drug-likeness (QED) is 0.713. The summed E-state index contributed by atoms with van der Waals surface area (Å²) in [6, 6.07) is 0. The molecule has 0 radical (unpaired) electrons. The number of carboxylic acid groups (broad SMARTS) is 1. The van der Waals surface area contributed by atoms with E-state index in [9.17, 15) is 4.79 Å². The lowest BCUT2D eigenvalue weighted by atomic mass is 10.0. The Bertz CT molecular complexity index is 209. The Balaban J connectivity index is 1.82. The molecule has 14 heavy (non-hydrogen) atoms. The van der Waals surface area contributed by atoms with Gasteiger partial charge in [-0.05, 0) is 18.8 Å². The van der Waals surface area contributed by atoms with Gasteiger partial charge in [0.1, 0.15) is 0 Å². The summed E-state index contributed by atoms with van der Waals surface area (Å²) in [4.78, 5) is 13.2. The van der Waals surface area contributed by atoms with Crippen LogP contribution in [0.15, 0.2) is 0 Å². The van der Waals surface area contributed by atoms with E-state index in [1.807, 2.05) is 0 Å². The first kappa shape index (κ1) is 9.93. The molecule has 1 aliphatic heterocycles. The summed E-state index contributed by atoms with van der Waals surface area (Å²) < 4.78 is 5.23. The summed E-state index contributed by atoms with van der Waals surface area (Å²) in [6.07, 6.45) is 2.20. The molecule has 4 heteroatoms. The van der Waals surface area contributed by atoms with Crippen LogP contribution < -0.4 is 0 Å². The fourth-order valence-electron chi connectivity index (χ4n) is 1.99. The van der Waals surface area contributed by atoms with Crippen molar-refractivity contribution in [1.82, 2.24) is 4.90 Å². The fourth-order valence-corrected chi connectivity index (χ4v) is 1.99. The van der Waals surface area contributed by atoms with Crippen molar-refractivity contribution in [1.29, 1.82) is 0 Å². The molecule has 1 heterocycles. The van der Waals surface area contributed by atoms with E-state index in [4.69, 9.17) is 9.84 Å².